The highest BCUT2D eigenvalue weighted by Crippen LogP contribution is 2.16. The number of carbonyl (C=O) groups is 2. The van der Waals surface area contributed by atoms with Gasteiger partial charge in [0, 0.05) is 31.2 Å². The summed E-state index contributed by atoms with van der Waals surface area (Å²) in [5.41, 5.74) is 0. The van der Waals surface area contributed by atoms with Crippen LogP contribution in [0.5, 0.6) is 0 Å². The summed E-state index contributed by atoms with van der Waals surface area (Å²) in [5, 5.41) is 8.85. The summed E-state index contributed by atoms with van der Waals surface area (Å²) >= 11 is 0. The SMILES string of the molecule is CC(C)N(C(=O)CN1CCC(N(C)CC(=O)O)CC1)C(C)C.Cl. The van der Waals surface area contributed by atoms with E-state index in [1.54, 1.807) is 0 Å². The van der Waals surface area contributed by atoms with Crippen LogP contribution in [-0.2, 0) is 9.59 Å². The minimum absolute atomic E-state index is 0. The molecule has 0 aliphatic carbocycles. The van der Waals surface area contributed by atoms with Crippen LogP contribution in [0.25, 0.3) is 0 Å². The largest absolute Gasteiger partial charge is 0.480 e. The third-order valence-corrected chi connectivity index (χ3v) is 4.32. The van der Waals surface area contributed by atoms with Crippen molar-refractivity contribution >= 4 is 24.3 Å². The molecule has 0 aromatic carbocycles. The number of hydrogen-bond acceptors (Lipinski definition) is 4. The molecule has 0 unspecified atom stereocenters. The van der Waals surface area contributed by atoms with Crippen molar-refractivity contribution in [3.63, 3.8) is 0 Å². The van der Waals surface area contributed by atoms with Crippen LogP contribution in [0.3, 0.4) is 0 Å². The molecule has 0 aromatic rings. The van der Waals surface area contributed by atoms with E-state index < -0.39 is 5.97 Å². The van der Waals surface area contributed by atoms with Crippen LogP contribution < -0.4 is 0 Å². The standard InChI is InChI=1S/C16H31N3O3.ClH/c1-12(2)19(13(3)4)15(20)10-18-8-6-14(7-9-18)17(5)11-16(21)22;/h12-14H,6-11H2,1-5H3,(H,21,22);1H. The van der Waals surface area contributed by atoms with Crippen molar-refractivity contribution in [2.75, 3.05) is 33.2 Å². The number of amides is 1. The molecule has 7 heteroatoms. The quantitative estimate of drug-likeness (QED) is 0.755. The first-order valence-corrected chi connectivity index (χ1v) is 8.18. The van der Waals surface area contributed by atoms with Crippen molar-refractivity contribution in [3.8, 4) is 0 Å². The molecule has 6 nitrogen and oxygen atoms in total. The molecule has 0 atom stereocenters. The lowest BCUT2D eigenvalue weighted by atomic mass is 10.0. The van der Waals surface area contributed by atoms with Crippen molar-refractivity contribution in [3.05, 3.63) is 0 Å². The maximum atomic E-state index is 12.5. The highest BCUT2D eigenvalue weighted by atomic mass is 35.5. The average Bonchev–Trinajstić information content (AvgIpc) is 2.37. The van der Waals surface area contributed by atoms with Crippen LogP contribution >= 0.6 is 12.4 Å². The lowest BCUT2D eigenvalue weighted by Gasteiger charge is -2.38. The number of carbonyl (C=O) groups excluding carboxylic acids is 1. The maximum Gasteiger partial charge on any atom is 0.317 e. The van der Waals surface area contributed by atoms with Crippen LogP contribution in [0, 0.1) is 0 Å². The van der Waals surface area contributed by atoms with Crippen molar-refractivity contribution in [1.82, 2.24) is 14.7 Å². The molecule has 23 heavy (non-hydrogen) atoms. The lowest BCUT2D eigenvalue weighted by molar-refractivity contribution is -0.138. The van der Waals surface area contributed by atoms with Gasteiger partial charge in [0.1, 0.15) is 0 Å². The summed E-state index contributed by atoms with van der Waals surface area (Å²) in [6.07, 6.45) is 1.83. The second kappa shape index (κ2) is 10.1. The number of likely N-dealkylation sites (N-methyl/N-ethyl adjacent to an activating group) is 1. The Labute approximate surface area is 146 Å². The van der Waals surface area contributed by atoms with Gasteiger partial charge in [0.25, 0.3) is 0 Å². The van der Waals surface area contributed by atoms with Gasteiger partial charge in [-0.05, 0) is 47.6 Å². The number of nitrogens with zero attached hydrogens (tertiary/aromatic N) is 3. The predicted molar refractivity (Wildman–Crippen MR) is 94.1 cm³/mol. The molecular formula is C16H32ClN3O3. The van der Waals surface area contributed by atoms with Gasteiger partial charge in [0.05, 0.1) is 13.1 Å². The molecule has 136 valence electrons. The van der Waals surface area contributed by atoms with E-state index in [4.69, 9.17) is 5.11 Å². The number of likely N-dealkylation sites (tertiary alicyclic amines) is 1. The first kappa shape index (κ1) is 22.1. The van der Waals surface area contributed by atoms with E-state index in [-0.39, 0.29) is 36.9 Å². The molecular weight excluding hydrogens is 318 g/mol. The van der Waals surface area contributed by atoms with Crippen molar-refractivity contribution in [2.45, 2.75) is 58.7 Å². The van der Waals surface area contributed by atoms with Gasteiger partial charge in [0.15, 0.2) is 0 Å². The van der Waals surface area contributed by atoms with Crippen LogP contribution in [0.1, 0.15) is 40.5 Å². The first-order valence-electron chi connectivity index (χ1n) is 8.18. The minimum Gasteiger partial charge on any atom is -0.480 e. The molecule has 1 N–H and O–H groups in total. The van der Waals surface area contributed by atoms with Crippen LogP contribution in [-0.4, -0.2) is 83.0 Å². The molecule has 0 saturated carbocycles. The molecule has 1 fully saturated rings. The third-order valence-electron chi connectivity index (χ3n) is 4.32. The Morgan fingerprint density at radius 3 is 2.00 bits per heavy atom. The number of hydrogen-bond donors (Lipinski definition) is 1. The summed E-state index contributed by atoms with van der Waals surface area (Å²) in [5.74, 6) is -0.605. The number of carboxylic acids is 1. The maximum absolute atomic E-state index is 12.5. The highest BCUT2D eigenvalue weighted by molar-refractivity contribution is 5.85. The van der Waals surface area contributed by atoms with Gasteiger partial charge in [-0.3, -0.25) is 19.4 Å². The Kier molecular flexibility index (Phi) is 9.73. The fourth-order valence-corrected chi connectivity index (χ4v) is 3.31. The van der Waals surface area contributed by atoms with Gasteiger partial charge in [0.2, 0.25) is 5.91 Å². The van der Waals surface area contributed by atoms with E-state index in [1.165, 1.54) is 0 Å². The summed E-state index contributed by atoms with van der Waals surface area (Å²) in [6, 6.07) is 0.729. The Balaban J connectivity index is 0.00000484. The number of halogens is 1. The lowest BCUT2D eigenvalue weighted by Crippen LogP contribution is -2.50. The zero-order valence-electron chi connectivity index (χ0n) is 15.0. The normalized spacial score (nSPS) is 16.7. The molecule has 0 bridgehead atoms. The van der Waals surface area contributed by atoms with Gasteiger partial charge in [-0.1, -0.05) is 0 Å². The molecule has 1 aliphatic heterocycles. The smallest absolute Gasteiger partial charge is 0.317 e. The van der Waals surface area contributed by atoms with E-state index in [9.17, 15) is 9.59 Å². The minimum atomic E-state index is -0.787. The van der Waals surface area contributed by atoms with E-state index in [1.807, 2.05) is 44.5 Å². The van der Waals surface area contributed by atoms with Gasteiger partial charge >= 0.3 is 5.97 Å². The number of piperidine rings is 1. The topological polar surface area (TPSA) is 64.1 Å². The molecule has 1 saturated heterocycles. The molecule has 1 heterocycles. The van der Waals surface area contributed by atoms with Gasteiger partial charge < -0.3 is 10.0 Å². The molecule has 0 aromatic heterocycles. The molecule has 1 aliphatic rings. The van der Waals surface area contributed by atoms with Crippen LogP contribution in [0.2, 0.25) is 0 Å². The molecule has 0 spiro atoms. The first-order chi connectivity index (χ1) is 10.2. The van der Waals surface area contributed by atoms with Crippen LogP contribution in [0.4, 0.5) is 0 Å². The second-order valence-electron chi connectivity index (χ2n) is 6.80. The van der Waals surface area contributed by atoms with Gasteiger partial charge in [-0.15, -0.1) is 12.4 Å². The van der Waals surface area contributed by atoms with Crippen molar-refractivity contribution in [2.24, 2.45) is 0 Å². The second-order valence-corrected chi connectivity index (χ2v) is 6.80. The Hall–Kier alpha value is -0.850. The molecule has 0 radical (unpaired) electrons. The third kappa shape index (κ3) is 7.06. The van der Waals surface area contributed by atoms with E-state index in [2.05, 4.69) is 4.90 Å². The van der Waals surface area contributed by atoms with E-state index in [0.717, 1.165) is 25.9 Å². The van der Waals surface area contributed by atoms with Gasteiger partial charge in [-0.2, -0.15) is 0 Å². The Morgan fingerprint density at radius 1 is 1.13 bits per heavy atom. The monoisotopic (exact) mass is 349 g/mol. The van der Waals surface area contributed by atoms with E-state index >= 15 is 0 Å². The Morgan fingerprint density at radius 2 is 1.61 bits per heavy atom. The zero-order valence-corrected chi connectivity index (χ0v) is 15.8. The van der Waals surface area contributed by atoms with Crippen molar-refractivity contribution < 1.29 is 14.7 Å². The summed E-state index contributed by atoms with van der Waals surface area (Å²) in [6.45, 7) is 10.4. The molecule has 1 amide bonds. The number of aliphatic carboxylic acids is 1. The summed E-state index contributed by atoms with van der Waals surface area (Å²) in [7, 11) is 1.86. The number of carboxylic acid groups (broad SMARTS) is 1. The van der Waals surface area contributed by atoms with Crippen LogP contribution in [0.15, 0.2) is 0 Å². The molecule has 1 rings (SSSR count). The fraction of sp³-hybridized carbons (Fsp3) is 0.875. The summed E-state index contributed by atoms with van der Waals surface area (Å²) < 4.78 is 0. The van der Waals surface area contributed by atoms with Gasteiger partial charge in [-0.25, -0.2) is 0 Å². The fourth-order valence-electron chi connectivity index (χ4n) is 3.31. The Bertz CT molecular complexity index is 375. The number of rotatable bonds is 7. The summed E-state index contributed by atoms with van der Waals surface area (Å²) in [4.78, 5) is 29.2. The predicted octanol–water partition coefficient (Wildman–Crippen LogP) is 1.53. The average molecular weight is 350 g/mol. The highest BCUT2D eigenvalue weighted by Gasteiger charge is 2.27. The van der Waals surface area contributed by atoms with Crippen molar-refractivity contribution in [1.29, 1.82) is 0 Å². The van der Waals surface area contributed by atoms with E-state index in [0.29, 0.717) is 12.6 Å². The zero-order chi connectivity index (χ0) is 16.9.